The predicted molar refractivity (Wildman–Crippen MR) is 105 cm³/mol. The maximum atomic E-state index is 13.4. The molecule has 8 nitrogen and oxygen atoms in total. The molecule has 0 bridgehead atoms. The number of sulfonamides is 1. The summed E-state index contributed by atoms with van der Waals surface area (Å²) in [5.74, 6) is -3.07. The first-order chi connectivity index (χ1) is 14.3. The number of carbonyl (C=O) groups excluding carboxylic acids is 1. The third kappa shape index (κ3) is 3.82. The fourth-order valence-corrected chi connectivity index (χ4v) is 3.66. The van der Waals surface area contributed by atoms with Gasteiger partial charge in [-0.3, -0.25) is 9.52 Å². The van der Waals surface area contributed by atoms with Gasteiger partial charge in [-0.05, 0) is 36.4 Å². The van der Waals surface area contributed by atoms with Crippen molar-refractivity contribution in [3.63, 3.8) is 0 Å². The van der Waals surface area contributed by atoms with E-state index < -0.39 is 32.5 Å². The highest BCUT2D eigenvalue weighted by molar-refractivity contribution is 7.92. The normalized spacial score (nSPS) is 11.4. The number of nitrogens with one attached hydrogen (secondary N) is 2. The monoisotopic (exact) mass is 429 g/mol. The second-order valence-corrected chi connectivity index (χ2v) is 7.82. The van der Waals surface area contributed by atoms with E-state index in [4.69, 9.17) is 0 Å². The lowest BCUT2D eigenvalue weighted by molar-refractivity contribution is 0.102. The summed E-state index contributed by atoms with van der Waals surface area (Å²) in [7, 11) is -4.24. The number of carbonyl (C=O) groups is 1. The number of amides is 1. The zero-order valence-electron chi connectivity index (χ0n) is 15.1. The van der Waals surface area contributed by atoms with E-state index in [1.807, 2.05) is 0 Å². The Morgan fingerprint density at radius 3 is 2.50 bits per heavy atom. The van der Waals surface area contributed by atoms with Crippen LogP contribution < -0.4 is 10.0 Å². The minimum absolute atomic E-state index is 0.105. The molecule has 0 unspecified atom stereocenters. The van der Waals surface area contributed by atoms with Crippen LogP contribution in [-0.2, 0) is 10.0 Å². The summed E-state index contributed by atoms with van der Waals surface area (Å²) in [5, 5.41) is 6.72. The van der Waals surface area contributed by atoms with Crippen molar-refractivity contribution in [1.29, 1.82) is 0 Å². The molecule has 2 N–H and O–H groups in total. The molecule has 1 amide bonds. The molecule has 0 aliphatic heterocycles. The molecule has 11 heteroatoms. The van der Waals surface area contributed by atoms with Crippen LogP contribution in [0.3, 0.4) is 0 Å². The summed E-state index contributed by atoms with van der Waals surface area (Å²) in [6.45, 7) is 0. The summed E-state index contributed by atoms with van der Waals surface area (Å²) >= 11 is 0. The van der Waals surface area contributed by atoms with Crippen LogP contribution in [0.5, 0.6) is 0 Å². The molecule has 4 rings (SSSR count). The summed E-state index contributed by atoms with van der Waals surface area (Å²) in [5.41, 5.74) is 0.790. The second-order valence-electron chi connectivity index (χ2n) is 6.14. The third-order valence-corrected chi connectivity index (χ3v) is 5.44. The van der Waals surface area contributed by atoms with Gasteiger partial charge in [-0.25, -0.2) is 26.7 Å². The van der Waals surface area contributed by atoms with Crippen LogP contribution in [0, 0.1) is 11.6 Å². The first-order valence-corrected chi connectivity index (χ1v) is 10.0. The number of para-hydroxylation sites is 1. The maximum Gasteiger partial charge on any atom is 0.263 e. The molecule has 0 spiro atoms. The fourth-order valence-electron chi connectivity index (χ4n) is 2.65. The Bertz CT molecular complexity index is 1360. The molecule has 0 saturated heterocycles. The van der Waals surface area contributed by atoms with Gasteiger partial charge in [0.15, 0.2) is 17.3 Å². The first-order valence-electron chi connectivity index (χ1n) is 8.52. The highest BCUT2D eigenvalue weighted by Crippen LogP contribution is 2.19. The van der Waals surface area contributed by atoms with Crippen LogP contribution in [0.1, 0.15) is 10.4 Å². The zero-order chi connectivity index (χ0) is 21.3. The molecule has 0 aliphatic rings. The predicted octanol–water partition coefficient (Wildman–Crippen LogP) is 3.06. The second kappa shape index (κ2) is 7.52. The minimum Gasteiger partial charge on any atom is -0.322 e. The number of fused-ring (bicyclic) bond motifs is 1. The largest absolute Gasteiger partial charge is 0.322 e. The lowest BCUT2D eigenvalue weighted by Gasteiger charge is -2.08. The van der Waals surface area contributed by atoms with Crippen molar-refractivity contribution in [2.45, 2.75) is 4.90 Å². The molecular weight excluding hydrogens is 416 g/mol. The van der Waals surface area contributed by atoms with Crippen LogP contribution in [0.4, 0.5) is 20.3 Å². The van der Waals surface area contributed by atoms with E-state index in [1.165, 1.54) is 23.0 Å². The van der Waals surface area contributed by atoms with Gasteiger partial charge in [0.05, 0.1) is 11.1 Å². The Balaban J connectivity index is 1.64. The Labute approximate surface area is 169 Å². The summed E-state index contributed by atoms with van der Waals surface area (Å²) in [4.78, 5) is 16.2. The van der Waals surface area contributed by atoms with Crippen molar-refractivity contribution in [2.75, 3.05) is 10.0 Å². The van der Waals surface area contributed by atoms with Crippen LogP contribution in [-0.4, -0.2) is 28.9 Å². The van der Waals surface area contributed by atoms with Crippen molar-refractivity contribution < 1.29 is 22.0 Å². The van der Waals surface area contributed by atoms with Crippen LogP contribution in [0.2, 0.25) is 0 Å². The SMILES string of the molecule is O=C(Nc1ccccc1)c1cnn2ccc(NS(=O)(=O)c3ccc(F)c(F)c3)nc12. The number of anilines is 2. The van der Waals surface area contributed by atoms with Gasteiger partial charge in [0, 0.05) is 11.9 Å². The molecule has 2 heterocycles. The number of halogens is 2. The first kappa shape index (κ1) is 19.5. The average molecular weight is 429 g/mol. The van der Waals surface area contributed by atoms with Crippen molar-refractivity contribution in [1.82, 2.24) is 14.6 Å². The van der Waals surface area contributed by atoms with E-state index in [-0.39, 0.29) is 17.0 Å². The number of nitrogens with zero attached hydrogens (tertiary/aromatic N) is 3. The standard InChI is InChI=1S/C19H13F2N5O3S/c20-15-7-6-13(10-16(15)21)30(28,29)25-17-8-9-26-18(24-17)14(11-22-26)19(27)23-12-4-2-1-3-5-12/h1-11H,(H,23,27)(H,24,25). The summed E-state index contributed by atoms with van der Waals surface area (Å²) < 4.78 is 54.9. The lowest BCUT2D eigenvalue weighted by Crippen LogP contribution is -2.15. The van der Waals surface area contributed by atoms with Crippen LogP contribution in [0.15, 0.2) is 71.9 Å². The molecule has 0 fully saturated rings. The molecule has 30 heavy (non-hydrogen) atoms. The maximum absolute atomic E-state index is 13.4. The highest BCUT2D eigenvalue weighted by atomic mass is 32.2. The van der Waals surface area contributed by atoms with Gasteiger partial charge in [-0.15, -0.1) is 0 Å². The van der Waals surface area contributed by atoms with Gasteiger partial charge in [-0.1, -0.05) is 18.2 Å². The Morgan fingerprint density at radius 1 is 1.00 bits per heavy atom. The van der Waals surface area contributed by atoms with E-state index in [2.05, 4.69) is 20.1 Å². The molecule has 2 aromatic heterocycles. The van der Waals surface area contributed by atoms with Gasteiger partial charge in [0.2, 0.25) is 0 Å². The third-order valence-electron chi connectivity index (χ3n) is 4.09. The number of hydrogen-bond donors (Lipinski definition) is 2. The average Bonchev–Trinajstić information content (AvgIpc) is 3.14. The summed E-state index contributed by atoms with van der Waals surface area (Å²) in [6.07, 6.45) is 2.71. The molecule has 0 radical (unpaired) electrons. The molecular formula is C19H13F2N5O3S. The van der Waals surface area contributed by atoms with Crippen molar-refractivity contribution in [2.24, 2.45) is 0 Å². The molecule has 0 atom stereocenters. The van der Waals surface area contributed by atoms with E-state index in [0.717, 1.165) is 6.07 Å². The molecule has 0 aliphatic carbocycles. The van der Waals surface area contributed by atoms with Gasteiger partial charge in [0.25, 0.3) is 15.9 Å². The smallest absolute Gasteiger partial charge is 0.263 e. The summed E-state index contributed by atoms with van der Waals surface area (Å²) in [6, 6.07) is 12.3. The number of rotatable bonds is 5. The Morgan fingerprint density at radius 2 is 1.77 bits per heavy atom. The van der Waals surface area contributed by atoms with Crippen molar-refractivity contribution in [3.8, 4) is 0 Å². The van der Waals surface area contributed by atoms with Gasteiger partial charge in [0.1, 0.15) is 11.4 Å². The topological polar surface area (TPSA) is 105 Å². The van der Waals surface area contributed by atoms with E-state index in [1.54, 1.807) is 30.3 Å². The van der Waals surface area contributed by atoms with E-state index in [0.29, 0.717) is 17.8 Å². The lowest BCUT2D eigenvalue weighted by atomic mass is 10.2. The van der Waals surface area contributed by atoms with Crippen molar-refractivity contribution in [3.05, 3.63) is 84.2 Å². The number of hydrogen-bond acceptors (Lipinski definition) is 5. The molecule has 2 aromatic carbocycles. The fraction of sp³-hybridized carbons (Fsp3) is 0. The quantitative estimate of drug-likeness (QED) is 0.507. The highest BCUT2D eigenvalue weighted by Gasteiger charge is 2.19. The molecule has 0 saturated carbocycles. The van der Waals surface area contributed by atoms with E-state index in [9.17, 15) is 22.0 Å². The van der Waals surface area contributed by atoms with E-state index >= 15 is 0 Å². The zero-order valence-corrected chi connectivity index (χ0v) is 15.9. The number of benzene rings is 2. The molecule has 4 aromatic rings. The van der Waals surface area contributed by atoms with Crippen molar-refractivity contribution >= 4 is 33.1 Å². The van der Waals surface area contributed by atoms with Gasteiger partial charge in [-0.2, -0.15) is 5.10 Å². The van der Waals surface area contributed by atoms with Gasteiger partial charge >= 0.3 is 0 Å². The Hall–Kier alpha value is -3.86. The Kier molecular flexibility index (Phi) is 4.88. The minimum atomic E-state index is -4.24. The van der Waals surface area contributed by atoms with Crippen LogP contribution >= 0.6 is 0 Å². The van der Waals surface area contributed by atoms with Crippen LogP contribution in [0.25, 0.3) is 5.65 Å². The number of aromatic nitrogens is 3. The van der Waals surface area contributed by atoms with Gasteiger partial charge < -0.3 is 5.32 Å². The molecule has 152 valence electrons.